The van der Waals surface area contributed by atoms with Gasteiger partial charge in [0, 0.05) is 55.4 Å². The summed E-state index contributed by atoms with van der Waals surface area (Å²) in [5, 5.41) is 4.69. The van der Waals surface area contributed by atoms with Gasteiger partial charge in [-0.3, -0.25) is 4.79 Å². The van der Waals surface area contributed by atoms with Crippen LogP contribution in [-0.2, 0) is 24.3 Å². The summed E-state index contributed by atoms with van der Waals surface area (Å²) in [7, 11) is 0. The van der Waals surface area contributed by atoms with E-state index in [9.17, 15) is 4.79 Å². The van der Waals surface area contributed by atoms with Crippen molar-refractivity contribution in [1.82, 2.24) is 24.8 Å². The summed E-state index contributed by atoms with van der Waals surface area (Å²) in [6.45, 7) is 5.23. The molecule has 4 heterocycles. The van der Waals surface area contributed by atoms with E-state index in [1.165, 1.54) is 23.0 Å². The molecular weight excluding hydrogens is 362 g/mol. The monoisotopic (exact) mass is 389 g/mol. The van der Waals surface area contributed by atoms with Crippen LogP contribution in [0.25, 0.3) is 10.9 Å². The maximum Gasteiger partial charge on any atom is 0.224 e. The number of rotatable bonds is 4. The molecule has 29 heavy (non-hydrogen) atoms. The van der Waals surface area contributed by atoms with Crippen molar-refractivity contribution < 1.29 is 4.79 Å². The molecule has 5 rings (SSSR count). The van der Waals surface area contributed by atoms with E-state index in [-0.39, 0.29) is 5.91 Å². The number of carbonyl (C=O) groups excluding carboxylic acids is 1. The van der Waals surface area contributed by atoms with Crippen molar-refractivity contribution in [2.45, 2.75) is 51.7 Å². The number of para-hydroxylation sites is 1. The highest BCUT2D eigenvalue weighted by Crippen LogP contribution is 2.24. The molecular formula is C23H27N5O. The van der Waals surface area contributed by atoms with Gasteiger partial charge in [0.1, 0.15) is 5.82 Å². The van der Waals surface area contributed by atoms with Crippen LogP contribution < -0.4 is 5.32 Å². The zero-order valence-corrected chi connectivity index (χ0v) is 16.9. The zero-order valence-electron chi connectivity index (χ0n) is 16.9. The van der Waals surface area contributed by atoms with E-state index in [0.717, 1.165) is 43.0 Å². The number of aromatic nitrogens is 3. The molecule has 1 aromatic carbocycles. The largest absolute Gasteiger partial charge is 0.344 e. The zero-order chi connectivity index (χ0) is 19.8. The lowest BCUT2D eigenvalue weighted by molar-refractivity contribution is -0.132. The first-order valence-electron chi connectivity index (χ1n) is 10.6. The van der Waals surface area contributed by atoms with Gasteiger partial charge in [-0.25, -0.2) is 9.97 Å². The topological polar surface area (TPSA) is 63.1 Å². The fourth-order valence-corrected chi connectivity index (χ4v) is 4.63. The number of hydrogen-bond acceptors (Lipinski definition) is 4. The molecule has 1 fully saturated rings. The minimum absolute atomic E-state index is 0.203. The number of nitrogens with zero attached hydrogens (tertiary/aromatic N) is 4. The van der Waals surface area contributed by atoms with Gasteiger partial charge in [0.15, 0.2) is 0 Å². The molecule has 0 radical (unpaired) electrons. The standard InChI is InChI=1S/C23H27N5O/c1-16-13-17-5-2-3-7-21(17)28(16)12-9-22(29)27-11-8-19-18(15-27)14-25-23(26-19)20-6-4-10-24-20/h2-3,5,7,13-14,20,24H,4,6,8-12,15H2,1H3/t20-/m1/s1. The molecule has 0 spiro atoms. The Bertz CT molecular complexity index is 1050. The van der Waals surface area contributed by atoms with Crippen molar-refractivity contribution >= 4 is 16.8 Å². The van der Waals surface area contributed by atoms with Crippen LogP contribution in [0.1, 0.15) is 48.1 Å². The van der Waals surface area contributed by atoms with Crippen molar-refractivity contribution in [3.63, 3.8) is 0 Å². The number of benzene rings is 1. The van der Waals surface area contributed by atoms with Gasteiger partial charge in [0.05, 0.1) is 11.7 Å². The van der Waals surface area contributed by atoms with Crippen molar-refractivity contribution in [2.75, 3.05) is 13.1 Å². The summed E-state index contributed by atoms with van der Waals surface area (Å²) >= 11 is 0. The molecule has 0 unspecified atom stereocenters. The van der Waals surface area contributed by atoms with Crippen LogP contribution in [0.15, 0.2) is 36.5 Å². The third-order valence-electron chi connectivity index (χ3n) is 6.24. The van der Waals surface area contributed by atoms with Crippen LogP contribution in [0, 0.1) is 6.92 Å². The lowest BCUT2D eigenvalue weighted by atomic mass is 10.1. The van der Waals surface area contributed by atoms with E-state index >= 15 is 0 Å². The second-order valence-corrected chi connectivity index (χ2v) is 8.16. The second-order valence-electron chi connectivity index (χ2n) is 8.16. The highest BCUT2D eigenvalue weighted by molar-refractivity contribution is 5.82. The molecule has 0 aliphatic carbocycles. The van der Waals surface area contributed by atoms with Crippen molar-refractivity contribution in [3.8, 4) is 0 Å². The van der Waals surface area contributed by atoms with E-state index in [2.05, 4.69) is 52.1 Å². The Hall–Kier alpha value is -2.73. The van der Waals surface area contributed by atoms with Gasteiger partial charge >= 0.3 is 0 Å². The molecule has 1 N–H and O–H groups in total. The van der Waals surface area contributed by atoms with Crippen LogP contribution in [-0.4, -0.2) is 38.4 Å². The maximum absolute atomic E-state index is 12.9. The predicted molar refractivity (Wildman–Crippen MR) is 112 cm³/mol. The molecule has 2 aromatic heterocycles. The second kappa shape index (κ2) is 7.59. The highest BCUT2D eigenvalue weighted by Gasteiger charge is 2.25. The molecule has 6 nitrogen and oxygen atoms in total. The molecule has 0 bridgehead atoms. The van der Waals surface area contributed by atoms with Crippen LogP contribution in [0.5, 0.6) is 0 Å². The van der Waals surface area contributed by atoms with E-state index < -0.39 is 0 Å². The molecule has 1 atom stereocenters. The van der Waals surface area contributed by atoms with Gasteiger partial charge in [-0.2, -0.15) is 0 Å². The first kappa shape index (κ1) is 18.3. The molecule has 1 amide bonds. The minimum Gasteiger partial charge on any atom is -0.344 e. The van der Waals surface area contributed by atoms with Crippen LogP contribution in [0.4, 0.5) is 0 Å². The predicted octanol–water partition coefficient (Wildman–Crippen LogP) is 3.14. The minimum atomic E-state index is 0.203. The summed E-state index contributed by atoms with van der Waals surface area (Å²) in [5.41, 5.74) is 4.60. The molecule has 150 valence electrons. The van der Waals surface area contributed by atoms with Crippen LogP contribution in [0.3, 0.4) is 0 Å². The van der Waals surface area contributed by atoms with Crippen molar-refractivity contribution in [2.24, 2.45) is 0 Å². The molecule has 6 heteroatoms. The Morgan fingerprint density at radius 3 is 3.07 bits per heavy atom. The van der Waals surface area contributed by atoms with E-state index in [0.29, 0.717) is 25.6 Å². The van der Waals surface area contributed by atoms with Gasteiger partial charge in [0.25, 0.3) is 0 Å². The Morgan fingerprint density at radius 2 is 2.21 bits per heavy atom. The number of amides is 1. The normalized spacial score (nSPS) is 18.9. The first-order valence-corrected chi connectivity index (χ1v) is 10.6. The van der Waals surface area contributed by atoms with Gasteiger partial charge < -0.3 is 14.8 Å². The molecule has 1 saturated heterocycles. The summed E-state index contributed by atoms with van der Waals surface area (Å²) < 4.78 is 2.25. The fourth-order valence-electron chi connectivity index (χ4n) is 4.63. The summed E-state index contributed by atoms with van der Waals surface area (Å²) in [6, 6.07) is 10.8. The molecule has 3 aromatic rings. The van der Waals surface area contributed by atoms with Crippen LogP contribution in [0.2, 0.25) is 0 Å². The van der Waals surface area contributed by atoms with Crippen molar-refractivity contribution in [1.29, 1.82) is 0 Å². The van der Waals surface area contributed by atoms with Crippen molar-refractivity contribution in [3.05, 3.63) is 59.3 Å². The van der Waals surface area contributed by atoms with Gasteiger partial charge in [-0.15, -0.1) is 0 Å². The third-order valence-corrected chi connectivity index (χ3v) is 6.24. The summed E-state index contributed by atoms with van der Waals surface area (Å²) in [5.74, 6) is 1.12. The number of carbonyl (C=O) groups is 1. The fraction of sp³-hybridized carbons (Fsp3) is 0.435. The van der Waals surface area contributed by atoms with E-state index in [1.807, 2.05) is 11.1 Å². The number of aryl methyl sites for hydroxylation is 2. The Labute approximate surface area is 171 Å². The average molecular weight is 390 g/mol. The smallest absolute Gasteiger partial charge is 0.224 e. The third kappa shape index (κ3) is 3.53. The number of nitrogens with one attached hydrogen (secondary N) is 1. The molecule has 2 aliphatic rings. The molecule has 2 aliphatic heterocycles. The average Bonchev–Trinajstić information content (AvgIpc) is 3.39. The van der Waals surface area contributed by atoms with Gasteiger partial charge in [-0.1, -0.05) is 18.2 Å². The van der Waals surface area contributed by atoms with Gasteiger partial charge in [-0.05, 0) is 43.8 Å². The number of fused-ring (bicyclic) bond motifs is 2. The van der Waals surface area contributed by atoms with Crippen LogP contribution >= 0.6 is 0 Å². The highest BCUT2D eigenvalue weighted by atomic mass is 16.2. The number of hydrogen-bond donors (Lipinski definition) is 1. The Balaban J connectivity index is 1.25. The summed E-state index contributed by atoms with van der Waals surface area (Å²) in [6.07, 6.45) is 5.55. The quantitative estimate of drug-likeness (QED) is 0.745. The maximum atomic E-state index is 12.9. The van der Waals surface area contributed by atoms with E-state index in [4.69, 9.17) is 4.98 Å². The SMILES string of the molecule is Cc1cc2ccccc2n1CCC(=O)N1CCc2nc([C@H]3CCCN3)ncc2C1. The lowest BCUT2D eigenvalue weighted by Crippen LogP contribution is -2.37. The Kier molecular flexibility index (Phi) is 4.79. The first-order chi connectivity index (χ1) is 14.2. The van der Waals surface area contributed by atoms with E-state index in [1.54, 1.807) is 0 Å². The lowest BCUT2D eigenvalue weighted by Gasteiger charge is -2.28. The Morgan fingerprint density at radius 1 is 1.31 bits per heavy atom. The summed E-state index contributed by atoms with van der Waals surface area (Å²) in [4.78, 5) is 24.2. The molecule has 0 saturated carbocycles. The van der Waals surface area contributed by atoms with Gasteiger partial charge in [0.2, 0.25) is 5.91 Å².